The van der Waals surface area contributed by atoms with E-state index in [0.717, 1.165) is 32.1 Å². The summed E-state index contributed by atoms with van der Waals surface area (Å²) in [5.41, 5.74) is 3.23. The standard InChI is InChI=1S/C18H27N3/c1-3-19-17(21-12-6-7-13-21)20-14-18(10-11-18)16-9-5-4-8-15(16)2/h4-5,8-9H,3,6-7,10-14H2,1-2H3,(H,19,20). The van der Waals surface area contributed by atoms with Gasteiger partial charge in [-0.2, -0.15) is 0 Å². The fourth-order valence-corrected chi connectivity index (χ4v) is 3.41. The summed E-state index contributed by atoms with van der Waals surface area (Å²) < 4.78 is 0. The van der Waals surface area contributed by atoms with E-state index in [9.17, 15) is 0 Å². The second-order valence-electron chi connectivity index (χ2n) is 6.46. The highest BCUT2D eigenvalue weighted by atomic mass is 15.3. The lowest BCUT2D eigenvalue weighted by Crippen LogP contribution is -2.40. The van der Waals surface area contributed by atoms with Crippen molar-refractivity contribution in [2.24, 2.45) is 4.99 Å². The number of guanidine groups is 1. The van der Waals surface area contributed by atoms with Gasteiger partial charge in [0.05, 0.1) is 6.54 Å². The lowest BCUT2D eigenvalue weighted by Gasteiger charge is -2.22. The van der Waals surface area contributed by atoms with Crippen LogP contribution in [-0.2, 0) is 5.41 Å². The van der Waals surface area contributed by atoms with Gasteiger partial charge in [-0.25, -0.2) is 0 Å². The predicted molar refractivity (Wildman–Crippen MR) is 88.9 cm³/mol. The quantitative estimate of drug-likeness (QED) is 0.680. The minimum Gasteiger partial charge on any atom is -0.357 e. The largest absolute Gasteiger partial charge is 0.357 e. The zero-order chi connectivity index (χ0) is 14.7. The number of rotatable bonds is 4. The van der Waals surface area contributed by atoms with Crippen molar-refractivity contribution in [2.45, 2.75) is 44.9 Å². The second kappa shape index (κ2) is 6.08. The van der Waals surface area contributed by atoms with E-state index in [1.807, 2.05) is 0 Å². The summed E-state index contributed by atoms with van der Waals surface area (Å²) in [5, 5.41) is 3.47. The Morgan fingerprint density at radius 1 is 1.24 bits per heavy atom. The maximum Gasteiger partial charge on any atom is 0.193 e. The zero-order valence-electron chi connectivity index (χ0n) is 13.4. The Bertz CT molecular complexity index is 511. The number of aryl methyl sites for hydroxylation is 1. The van der Waals surface area contributed by atoms with Crippen molar-refractivity contribution in [1.29, 1.82) is 0 Å². The van der Waals surface area contributed by atoms with Crippen LogP contribution < -0.4 is 5.32 Å². The van der Waals surface area contributed by atoms with Gasteiger partial charge in [-0.15, -0.1) is 0 Å². The highest BCUT2D eigenvalue weighted by Crippen LogP contribution is 2.49. The summed E-state index contributed by atoms with van der Waals surface area (Å²) in [6.45, 7) is 8.57. The average Bonchev–Trinajstić information content (AvgIpc) is 3.08. The molecule has 0 spiro atoms. The molecule has 0 radical (unpaired) electrons. The minimum atomic E-state index is 0.311. The first-order chi connectivity index (χ1) is 10.2. The van der Waals surface area contributed by atoms with E-state index >= 15 is 0 Å². The summed E-state index contributed by atoms with van der Waals surface area (Å²) in [5.74, 6) is 1.12. The van der Waals surface area contributed by atoms with Gasteiger partial charge in [0, 0.05) is 25.0 Å². The van der Waals surface area contributed by atoms with Gasteiger partial charge in [-0.05, 0) is 50.7 Å². The molecule has 1 N–H and O–H groups in total. The summed E-state index contributed by atoms with van der Waals surface area (Å²) in [7, 11) is 0. The molecule has 1 aliphatic carbocycles. The summed E-state index contributed by atoms with van der Waals surface area (Å²) in [4.78, 5) is 7.39. The van der Waals surface area contributed by atoms with Crippen molar-refractivity contribution in [3.05, 3.63) is 35.4 Å². The number of likely N-dealkylation sites (tertiary alicyclic amines) is 1. The molecular formula is C18H27N3. The monoisotopic (exact) mass is 285 g/mol. The smallest absolute Gasteiger partial charge is 0.193 e. The molecule has 114 valence electrons. The van der Waals surface area contributed by atoms with Crippen molar-refractivity contribution in [3.8, 4) is 0 Å². The Morgan fingerprint density at radius 3 is 2.57 bits per heavy atom. The molecule has 3 nitrogen and oxygen atoms in total. The van der Waals surface area contributed by atoms with E-state index in [-0.39, 0.29) is 0 Å². The Labute approximate surface area is 128 Å². The van der Waals surface area contributed by atoms with Gasteiger partial charge in [0.25, 0.3) is 0 Å². The Morgan fingerprint density at radius 2 is 1.95 bits per heavy atom. The number of hydrogen-bond acceptors (Lipinski definition) is 1. The van der Waals surface area contributed by atoms with Gasteiger partial charge in [-0.1, -0.05) is 24.3 Å². The van der Waals surface area contributed by atoms with E-state index < -0.39 is 0 Å². The average molecular weight is 285 g/mol. The highest BCUT2D eigenvalue weighted by Gasteiger charge is 2.45. The number of benzene rings is 1. The van der Waals surface area contributed by atoms with Crippen LogP contribution in [0.25, 0.3) is 0 Å². The van der Waals surface area contributed by atoms with E-state index in [1.165, 1.54) is 36.8 Å². The first-order valence-electron chi connectivity index (χ1n) is 8.34. The first kappa shape index (κ1) is 14.4. The van der Waals surface area contributed by atoms with Crippen LogP contribution in [0, 0.1) is 6.92 Å². The Kier molecular flexibility index (Phi) is 4.18. The lowest BCUT2D eigenvalue weighted by molar-refractivity contribution is 0.491. The molecule has 1 saturated heterocycles. The molecule has 3 rings (SSSR count). The predicted octanol–water partition coefficient (Wildman–Crippen LogP) is 3.09. The van der Waals surface area contributed by atoms with E-state index in [4.69, 9.17) is 4.99 Å². The Balaban J connectivity index is 1.75. The third-order valence-electron chi connectivity index (χ3n) is 4.84. The highest BCUT2D eigenvalue weighted by molar-refractivity contribution is 5.80. The molecule has 0 aromatic heterocycles. The van der Waals surface area contributed by atoms with Crippen LogP contribution in [0.3, 0.4) is 0 Å². The van der Waals surface area contributed by atoms with Crippen molar-refractivity contribution >= 4 is 5.96 Å². The number of nitrogens with zero attached hydrogens (tertiary/aromatic N) is 2. The molecule has 21 heavy (non-hydrogen) atoms. The molecule has 0 atom stereocenters. The topological polar surface area (TPSA) is 27.6 Å². The van der Waals surface area contributed by atoms with Crippen LogP contribution in [0.4, 0.5) is 0 Å². The summed E-state index contributed by atoms with van der Waals surface area (Å²) in [6, 6.07) is 8.82. The lowest BCUT2D eigenvalue weighted by atomic mass is 9.92. The van der Waals surface area contributed by atoms with Crippen LogP contribution >= 0.6 is 0 Å². The minimum absolute atomic E-state index is 0.311. The molecule has 2 aliphatic rings. The van der Waals surface area contributed by atoms with Crippen molar-refractivity contribution in [3.63, 3.8) is 0 Å². The van der Waals surface area contributed by atoms with Gasteiger partial charge in [0.2, 0.25) is 0 Å². The van der Waals surface area contributed by atoms with Gasteiger partial charge >= 0.3 is 0 Å². The van der Waals surface area contributed by atoms with E-state index in [2.05, 4.69) is 48.3 Å². The van der Waals surface area contributed by atoms with Crippen molar-refractivity contribution < 1.29 is 0 Å². The summed E-state index contributed by atoms with van der Waals surface area (Å²) in [6.07, 6.45) is 5.15. The first-order valence-corrected chi connectivity index (χ1v) is 8.34. The molecule has 0 amide bonds. The molecule has 1 aliphatic heterocycles. The SMILES string of the molecule is CCNC(=NCC1(c2ccccc2C)CC1)N1CCCC1. The van der Waals surface area contributed by atoms with E-state index in [1.54, 1.807) is 0 Å². The molecule has 1 aromatic carbocycles. The number of hydrogen-bond donors (Lipinski definition) is 1. The van der Waals surface area contributed by atoms with Crippen LogP contribution in [0.15, 0.2) is 29.3 Å². The van der Waals surface area contributed by atoms with Crippen LogP contribution in [0.1, 0.15) is 43.7 Å². The van der Waals surface area contributed by atoms with Crippen LogP contribution in [0.5, 0.6) is 0 Å². The molecule has 0 bridgehead atoms. The second-order valence-corrected chi connectivity index (χ2v) is 6.46. The van der Waals surface area contributed by atoms with Gasteiger partial charge < -0.3 is 10.2 Å². The third-order valence-corrected chi connectivity index (χ3v) is 4.84. The molecule has 1 aromatic rings. The van der Waals surface area contributed by atoms with Crippen LogP contribution in [0.2, 0.25) is 0 Å². The van der Waals surface area contributed by atoms with Crippen molar-refractivity contribution in [1.82, 2.24) is 10.2 Å². The van der Waals surface area contributed by atoms with Gasteiger partial charge in [0.15, 0.2) is 5.96 Å². The Hall–Kier alpha value is -1.51. The fourth-order valence-electron chi connectivity index (χ4n) is 3.41. The van der Waals surface area contributed by atoms with Gasteiger partial charge in [-0.3, -0.25) is 4.99 Å². The maximum absolute atomic E-state index is 4.98. The normalized spacial score (nSPS) is 20.7. The molecule has 1 saturated carbocycles. The molecule has 3 heteroatoms. The third kappa shape index (κ3) is 3.07. The maximum atomic E-state index is 4.98. The van der Waals surface area contributed by atoms with E-state index in [0.29, 0.717) is 5.41 Å². The molecule has 0 unspecified atom stereocenters. The van der Waals surface area contributed by atoms with Crippen LogP contribution in [-0.4, -0.2) is 37.0 Å². The van der Waals surface area contributed by atoms with Gasteiger partial charge in [0.1, 0.15) is 0 Å². The van der Waals surface area contributed by atoms with Crippen molar-refractivity contribution in [2.75, 3.05) is 26.2 Å². The summed E-state index contributed by atoms with van der Waals surface area (Å²) >= 11 is 0. The zero-order valence-corrected chi connectivity index (χ0v) is 13.4. The number of nitrogens with one attached hydrogen (secondary N) is 1. The molecule has 2 fully saturated rings. The fraction of sp³-hybridized carbons (Fsp3) is 0.611. The molecule has 1 heterocycles. The number of aliphatic imine (C=N–C) groups is 1. The molecular weight excluding hydrogens is 258 g/mol.